The molecule has 0 radical (unpaired) electrons. The molecule has 98 valence electrons. The minimum Gasteiger partial charge on any atom is -0.306 e. The van der Waals surface area contributed by atoms with Gasteiger partial charge in [-0.15, -0.1) is 0 Å². The lowest BCUT2D eigenvalue weighted by atomic mass is 9.91. The number of nitrogens with one attached hydrogen (secondary N) is 1. The van der Waals surface area contributed by atoms with E-state index in [2.05, 4.69) is 55.2 Å². The minimum atomic E-state index is 0.541. The van der Waals surface area contributed by atoms with Crippen LogP contribution in [0.5, 0.6) is 0 Å². The van der Waals surface area contributed by atoms with Crippen LogP contribution >= 0.6 is 11.8 Å². The van der Waals surface area contributed by atoms with Crippen molar-refractivity contribution in [3.63, 3.8) is 0 Å². The van der Waals surface area contributed by atoms with E-state index in [0.29, 0.717) is 11.5 Å². The molecule has 1 aromatic rings. The van der Waals surface area contributed by atoms with Gasteiger partial charge in [-0.3, -0.25) is 0 Å². The summed E-state index contributed by atoms with van der Waals surface area (Å²) in [6.45, 7) is 4.80. The van der Waals surface area contributed by atoms with Gasteiger partial charge in [0.15, 0.2) is 0 Å². The van der Waals surface area contributed by atoms with Crippen LogP contribution in [0.25, 0.3) is 0 Å². The standard InChI is InChI=1S/C16H23NS/c1-16(2)8-7-13(9-16)17-15-11-18-10-12-5-3-4-6-14(12)15/h3-6,13,15,17H,7-11H2,1-2H3. The average Bonchev–Trinajstić information content (AvgIpc) is 2.69. The van der Waals surface area contributed by atoms with E-state index < -0.39 is 0 Å². The molecule has 1 aromatic carbocycles. The Bertz CT molecular complexity index is 427. The van der Waals surface area contributed by atoms with E-state index in [0.717, 1.165) is 6.04 Å². The van der Waals surface area contributed by atoms with Crippen LogP contribution in [0.1, 0.15) is 50.3 Å². The van der Waals surface area contributed by atoms with Gasteiger partial charge in [0, 0.05) is 23.6 Å². The molecular weight excluding hydrogens is 238 g/mol. The van der Waals surface area contributed by atoms with Crippen LogP contribution in [0.2, 0.25) is 0 Å². The molecule has 2 heteroatoms. The van der Waals surface area contributed by atoms with Gasteiger partial charge >= 0.3 is 0 Å². The van der Waals surface area contributed by atoms with Crippen molar-refractivity contribution in [1.29, 1.82) is 0 Å². The third kappa shape index (κ3) is 2.60. The highest BCUT2D eigenvalue weighted by atomic mass is 32.2. The molecule has 0 bridgehead atoms. The van der Waals surface area contributed by atoms with Gasteiger partial charge in [-0.25, -0.2) is 0 Å². The Morgan fingerprint density at radius 1 is 1.28 bits per heavy atom. The first-order chi connectivity index (χ1) is 8.64. The van der Waals surface area contributed by atoms with E-state index in [-0.39, 0.29) is 0 Å². The quantitative estimate of drug-likeness (QED) is 0.858. The molecule has 1 N–H and O–H groups in total. The Balaban J connectivity index is 1.71. The predicted octanol–water partition coefficient (Wildman–Crippen LogP) is 4.14. The number of thioether (sulfide) groups is 1. The number of hydrogen-bond donors (Lipinski definition) is 1. The third-order valence-corrected chi connectivity index (χ3v) is 5.46. The molecule has 1 aliphatic carbocycles. The van der Waals surface area contributed by atoms with Gasteiger partial charge in [0.25, 0.3) is 0 Å². The summed E-state index contributed by atoms with van der Waals surface area (Å²) in [4.78, 5) is 0. The summed E-state index contributed by atoms with van der Waals surface area (Å²) in [6, 6.07) is 10.2. The van der Waals surface area contributed by atoms with Crippen molar-refractivity contribution >= 4 is 11.8 Å². The molecule has 0 saturated heterocycles. The van der Waals surface area contributed by atoms with Crippen LogP contribution < -0.4 is 5.32 Å². The van der Waals surface area contributed by atoms with Crippen molar-refractivity contribution in [1.82, 2.24) is 5.32 Å². The van der Waals surface area contributed by atoms with E-state index in [1.165, 1.54) is 36.3 Å². The molecule has 1 nitrogen and oxygen atoms in total. The summed E-state index contributed by atoms with van der Waals surface area (Å²) < 4.78 is 0. The van der Waals surface area contributed by atoms with Gasteiger partial charge in [-0.1, -0.05) is 38.1 Å². The Morgan fingerprint density at radius 3 is 2.89 bits per heavy atom. The van der Waals surface area contributed by atoms with Gasteiger partial charge in [0.1, 0.15) is 0 Å². The largest absolute Gasteiger partial charge is 0.306 e. The number of fused-ring (bicyclic) bond motifs is 1. The van der Waals surface area contributed by atoms with E-state index in [9.17, 15) is 0 Å². The van der Waals surface area contributed by atoms with Crippen molar-refractivity contribution in [3.8, 4) is 0 Å². The highest BCUT2D eigenvalue weighted by Crippen LogP contribution is 2.39. The number of benzene rings is 1. The Hall–Kier alpha value is -0.470. The number of rotatable bonds is 2. The Labute approximate surface area is 115 Å². The van der Waals surface area contributed by atoms with Gasteiger partial charge < -0.3 is 5.32 Å². The first kappa shape index (κ1) is 12.6. The summed E-state index contributed by atoms with van der Waals surface area (Å²) >= 11 is 2.07. The van der Waals surface area contributed by atoms with Crippen LogP contribution in [0.3, 0.4) is 0 Å². The first-order valence-electron chi connectivity index (χ1n) is 7.06. The highest BCUT2D eigenvalue weighted by Gasteiger charge is 2.33. The molecule has 2 unspecified atom stereocenters. The van der Waals surface area contributed by atoms with Crippen molar-refractivity contribution in [3.05, 3.63) is 35.4 Å². The van der Waals surface area contributed by atoms with Crippen LogP contribution in [-0.2, 0) is 5.75 Å². The van der Waals surface area contributed by atoms with Gasteiger partial charge in [-0.05, 0) is 35.8 Å². The smallest absolute Gasteiger partial charge is 0.0417 e. The van der Waals surface area contributed by atoms with Crippen LogP contribution in [0.15, 0.2) is 24.3 Å². The molecule has 1 saturated carbocycles. The van der Waals surface area contributed by atoms with Gasteiger partial charge in [-0.2, -0.15) is 11.8 Å². The molecule has 0 aromatic heterocycles. The molecule has 2 aliphatic rings. The van der Waals surface area contributed by atoms with E-state index >= 15 is 0 Å². The fourth-order valence-electron chi connectivity index (χ4n) is 3.38. The zero-order chi connectivity index (χ0) is 12.6. The van der Waals surface area contributed by atoms with Crippen molar-refractivity contribution < 1.29 is 0 Å². The molecule has 2 atom stereocenters. The van der Waals surface area contributed by atoms with E-state index in [4.69, 9.17) is 0 Å². The summed E-state index contributed by atoms with van der Waals surface area (Å²) in [7, 11) is 0. The molecule has 1 aliphatic heterocycles. The second-order valence-corrected chi connectivity index (χ2v) is 7.57. The lowest BCUT2D eigenvalue weighted by Gasteiger charge is -2.29. The van der Waals surface area contributed by atoms with Crippen LogP contribution in [-0.4, -0.2) is 11.8 Å². The first-order valence-corrected chi connectivity index (χ1v) is 8.21. The van der Waals surface area contributed by atoms with Crippen molar-refractivity contribution in [2.24, 2.45) is 5.41 Å². The average molecular weight is 261 g/mol. The SMILES string of the molecule is CC1(C)CCC(NC2CSCc3ccccc32)C1. The lowest BCUT2D eigenvalue weighted by Crippen LogP contribution is -2.34. The lowest BCUT2D eigenvalue weighted by molar-refractivity contribution is 0.356. The Morgan fingerprint density at radius 2 is 2.11 bits per heavy atom. The molecule has 18 heavy (non-hydrogen) atoms. The second kappa shape index (κ2) is 4.90. The predicted molar refractivity (Wildman–Crippen MR) is 79.9 cm³/mol. The molecule has 1 fully saturated rings. The minimum absolute atomic E-state index is 0.541. The van der Waals surface area contributed by atoms with Crippen molar-refractivity contribution in [2.45, 2.75) is 50.9 Å². The molecule has 0 amide bonds. The summed E-state index contributed by atoms with van der Waals surface area (Å²) in [6.07, 6.45) is 4.04. The molecule has 3 rings (SSSR count). The summed E-state index contributed by atoms with van der Waals surface area (Å²) in [5.74, 6) is 2.42. The maximum Gasteiger partial charge on any atom is 0.0417 e. The second-order valence-electron chi connectivity index (χ2n) is 6.54. The van der Waals surface area contributed by atoms with Crippen molar-refractivity contribution in [2.75, 3.05) is 5.75 Å². The zero-order valence-corrected chi connectivity index (χ0v) is 12.2. The molecule has 0 spiro atoms. The fourth-order valence-corrected chi connectivity index (χ4v) is 4.50. The topological polar surface area (TPSA) is 12.0 Å². The van der Waals surface area contributed by atoms with Crippen LogP contribution in [0, 0.1) is 5.41 Å². The molecule has 1 heterocycles. The Kier molecular flexibility index (Phi) is 3.42. The van der Waals surface area contributed by atoms with Crippen LogP contribution in [0.4, 0.5) is 0 Å². The summed E-state index contributed by atoms with van der Waals surface area (Å²) in [5.41, 5.74) is 3.61. The van der Waals surface area contributed by atoms with Gasteiger partial charge in [0.05, 0.1) is 0 Å². The number of hydrogen-bond acceptors (Lipinski definition) is 2. The maximum atomic E-state index is 3.91. The monoisotopic (exact) mass is 261 g/mol. The van der Waals surface area contributed by atoms with E-state index in [1.54, 1.807) is 5.56 Å². The van der Waals surface area contributed by atoms with Gasteiger partial charge in [0.2, 0.25) is 0 Å². The zero-order valence-electron chi connectivity index (χ0n) is 11.4. The molecular formula is C16H23NS. The maximum absolute atomic E-state index is 3.91. The fraction of sp³-hybridized carbons (Fsp3) is 0.625. The van der Waals surface area contributed by atoms with E-state index in [1.807, 2.05) is 0 Å². The summed E-state index contributed by atoms with van der Waals surface area (Å²) in [5, 5.41) is 3.91. The third-order valence-electron chi connectivity index (χ3n) is 4.38. The normalized spacial score (nSPS) is 30.1. The highest BCUT2D eigenvalue weighted by molar-refractivity contribution is 7.98.